The summed E-state index contributed by atoms with van der Waals surface area (Å²) < 4.78 is 31.1. The number of nitrogen functional groups attached to an aromatic ring is 1. The third-order valence-corrected chi connectivity index (χ3v) is 5.40. The first-order chi connectivity index (χ1) is 13.4. The molecule has 1 aromatic heterocycles. The summed E-state index contributed by atoms with van der Waals surface area (Å²) in [5.41, 5.74) is 5.38. The summed E-state index contributed by atoms with van der Waals surface area (Å²) in [6, 6.07) is 0.976. The fourth-order valence-corrected chi connectivity index (χ4v) is 3.62. The third kappa shape index (κ3) is 6.40. The molecule has 0 aromatic carbocycles. The first kappa shape index (κ1) is 23.1. The van der Waals surface area contributed by atoms with E-state index in [0.29, 0.717) is 18.8 Å². The van der Waals surface area contributed by atoms with Crippen LogP contribution < -0.4 is 5.73 Å². The second kappa shape index (κ2) is 9.09. The minimum Gasteiger partial charge on any atom is -0.480 e. The largest absolute Gasteiger partial charge is 0.480 e. The fourth-order valence-electron chi connectivity index (χ4n) is 3.62. The summed E-state index contributed by atoms with van der Waals surface area (Å²) >= 11 is 0. The number of carboxylic acid groups (broad SMARTS) is 1. The number of aliphatic carboxylic acids is 1. The van der Waals surface area contributed by atoms with Crippen LogP contribution in [0.1, 0.15) is 71.5 Å². The van der Waals surface area contributed by atoms with Crippen molar-refractivity contribution in [2.24, 2.45) is 5.92 Å². The molecule has 2 aliphatic rings. The van der Waals surface area contributed by atoms with Crippen LogP contribution in [0.15, 0.2) is 10.6 Å². The van der Waals surface area contributed by atoms with Crippen LogP contribution in [0.4, 0.5) is 14.6 Å². The van der Waals surface area contributed by atoms with Crippen molar-refractivity contribution in [2.75, 3.05) is 12.3 Å². The van der Waals surface area contributed by atoms with Gasteiger partial charge in [-0.1, -0.05) is 25.9 Å². The molecule has 0 spiro atoms. The Morgan fingerprint density at radius 3 is 2.31 bits per heavy atom. The van der Waals surface area contributed by atoms with Gasteiger partial charge in [0.15, 0.2) is 5.82 Å². The molecule has 1 amide bonds. The fraction of sp³-hybridized carbons (Fsp3) is 0.750. The minimum atomic E-state index is -2.66. The molecule has 2 fully saturated rings. The average molecular weight is 415 g/mol. The van der Waals surface area contributed by atoms with Crippen molar-refractivity contribution in [1.82, 2.24) is 10.1 Å². The normalized spacial score (nSPS) is 22.5. The number of alkyl halides is 2. The van der Waals surface area contributed by atoms with Gasteiger partial charge in [0.2, 0.25) is 11.8 Å². The average Bonchev–Trinajstić information content (AvgIpc) is 3.08. The Morgan fingerprint density at radius 2 is 1.86 bits per heavy atom. The Labute approximate surface area is 169 Å². The maximum atomic E-state index is 13.1. The van der Waals surface area contributed by atoms with Crippen molar-refractivity contribution >= 4 is 17.7 Å². The van der Waals surface area contributed by atoms with Crippen molar-refractivity contribution in [3.8, 4) is 0 Å². The van der Waals surface area contributed by atoms with E-state index in [1.165, 1.54) is 4.90 Å². The lowest BCUT2D eigenvalue weighted by molar-refractivity contribution is -0.155. The lowest BCUT2D eigenvalue weighted by atomic mass is 9.85. The van der Waals surface area contributed by atoms with Crippen molar-refractivity contribution in [3.05, 3.63) is 11.8 Å². The molecule has 164 valence electrons. The molecule has 1 aliphatic carbocycles. The van der Waals surface area contributed by atoms with E-state index < -0.39 is 23.9 Å². The third-order valence-electron chi connectivity index (χ3n) is 5.40. The number of rotatable bonds is 2. The summed E-state index contributed by atoms with van der Waals surface area (Å²) in [5.74, 6) is -3.06. The summed E-state index contributed by atoms with van der Waals surface area (Å²) in [7, 11) is 0. The number of likely N-dealkylation sites (tertiary alicyclic amines) is 1. The van der Waals surface area contributed by atoms with E-state index in [2.05, 4.69) is 5.16 Å². The number of carboxylic acids is 1. The Kier molecular flexibility index (Phi) is 7.24. The number of hydrogen-bond acceptors (Lipinski definition) is 5. The second-order valence-corrected chi connectivity index (χ2v) is 8.88. The highest BCUT2D eigenvalue weighted by atomic mass is 19.3. The smallest absolute Gasteiger partial charge is 0.326 e. The molecular weight excluding hydrogens is 384 g/mol. The van der Waals surface area contributed by atoms with Crippen LogP contribution in [-0.4, -0.2) is 45.5 Å². The highest BCUT2D eigenvalue weighted by molar-refractivity contribution is 5.85. The number of anilines is 1. The Morgan fingerprint density at radius 1 is 1.24 bits per heavy atom. The molecule has 0 radical (unpaired) electrons. The summed E-state index contributed by atoms with van der Waals surface area (Å²) in [6.45, 7) is 6.58. The van der Waals surface area contributed by atoms with Crippen molar-refractivity contribution in [3.63, 3.8) is 0 Å². The van der Waals surface area contributed by atoms with Gasteiger partial charge in [-0.3, -0.25) is 4.79 Å². The molecule has 7 nitrogen and oxygen atoms in total. The van der Waals surface area contributed by atoms with E-state index in [9.17, 15) is 18.4 Å². The quantitative estimate of drug-likeness (QED) is 0.760. The summed E-state index contributed by atoms with van der Waals surface area (Å²) in [5, 5.41) is 12.7. The number of nitrogens with two attached hydrogens (primary N) is 1. The highest BCUT2D eigenvalue weighted by Crippen LogP contribution is 2.37. The molecule has 1 aliphatic heterocycles. The van der Waals surface area contributed by atoms with Crippen LogP contribution in [-0.2, 0) is 15.0 Å². The number of halogens is 2. The molecule has 1 saturated heterocycles. The van der Waals surface area contributed by atoms with Crippen LogP contribution in [0, 0.1) is 5.92 Å². The number of nitrogens with zero attached hydrogens (tertiary/aromatic N) is 2. The zero-order valence-corrected chi connectivity index (χ0v) is 17.3. The molecule has 1 saturated carbocycles. The number of hydrogen-bond donors (Lipinski definition) is 2. The van der Waals surface area contributed by atoms with Crippen LogP contribution in [0.3, 0.4) is 0 Å². The predicted molar refractivity (Wildman–Crippen MR) is 104 cm³/mol. The molecule has 29 heavy (non-hydrogen) atoms. The molecule has 2 heterocycles. The highest BCUT2D eigenvalue weighted by Gasteiger charge is 2.41. The van der Waals surface area contributed by atoms with Crippen LogP contribution in [0.5, 0.6) is 0 Å². The van der Waals surface area contributed by atoms with Gasteiger partial charge in [0.1, 0.15) is 11.8 Å². The van der Waals surface area contributed by atoms with E-state index in [4.69, 9.17) is 15.4 Å². The first-order valence-electron chi connectivity index (χ1n) is 10.0. The van der Waals surface area contributed by atoms with E-state index in [-0.39, 0.29) is 37.0 Å². The van der Waals surface area contributed by atoms with Gasteiger partial charge in [-0.25, -0.2) is 13.6 Å². The van der Waals surface area contributed by atoms with E-state index in [1.54, 1.807) is 6.07 Å². The Hall–Kier alpha value is -2.19. The molecule has 3 N–H and O–H groups in total. The number of carbonyl (C=O) groups excluding carboxylic acids is 1. The van der Waals surface area contributed by atoms with Gasteiger partial charge in [-0.15, -0.1) is 0 Å². The van der Waals surface area contributed by atoms with Gasteiger partial charge in [-0.2, -0.15) is 0 Å². The maximum absolute atomic E-state index is 13.1. The molecule has 0 bridgehead atoms. The molecule has 0 unspecified atom stereocenters. The number of aromatic nitrogens is 1. The molecule has 1 aromatic rings. The maximum Gasteiger partial charge on any atom is 0.326 e. The number of piperidine rings is 1. The van der Waals surface area contributed by atoms with Crippen LogP contribution in [0.2, 0.25) is 0 Å². The van der Waals surface area contributed by atoms with Gasteiger partial charge in [-0.05, 0) is 32.1 Å². The number of amides is 1. The lowest BCUT2D eigenvalue weighted by Crippen LogP contribution is -2.50. The van der Waals surface area contributed by atoms with Gasteiger partial charge in [0, 0.05) is 36.8 Å². The van der Waals surface area contributed by atoms with Gasteiger partial charge in [0.05, 0.1) is 0 Å². The van der Waals surface area contributed by atoms with Gasteiger partial charge < -0.3 is 20.3 Å². The van der Waals surface area contributed by atoms with Crippen LogP contribution >= 0.6 is 0 Å². The second-order valence-electron chi connectivity index (χ2n) is 8.88. The summed E-state index contributed by atoms with van der Waals surface area (Å²) in [4.78, 5) is 24.8. The molecular formula is C20H31F2N3O4. The van der Waals surface area contributed by atoms with Crippen molar-refractivity contribution < 1.29 is 28.0 Å². The van der Waals surface area contributed by atoms with E-state index in [0.717, 1.165) is 18.6 Å². The van der Waals surface area contributed by atoms with Gasteiger partial charge in [0.25, 0.3) is 0 Å². The topological polar surface area (TPSA) is 110 Å². The van der Waals surface area contributed by atoms with E-state index in [1.807, 2.05) is 20.8 Å². The van der Waals surface area contributed by atoms with Crippen molar-refractivity contribution in [1.29, 1.82) is 0 Å². The Balaban J connectivity index is 0.000000253. The minimum absolute atomic E-state index is 0.00458. The number of carbonyl (C=O) groups is 2. The zero-order chi connectivity index (χ0) is 21.8. The molecule has 1 atom stereocenters. The van der Waals surface area contributed by atoms with E-state index >= 15 is 0 Å². The monoisotopic (exact) mass is 415 g/mol. The zero-order valence-electron chi connectivity index (χ0n) is 17.3. The van der Waals surface area contributed by atoms with Crippen molar-refractivity contribution in [2.45, 2.75) is 83.1 Å². The Bertz CT molecular complexity index is 705. The van der Waals surface area contributed by atoms with Crippen LogP contribution in [0.25, 0.3) is 0 Å². The molecule has 3 rings (SSSR count). The van der Waals surface area contributed by atoms with Gasteiger partial charge >= 0.3 is 5.97 Å². The molecule has 9 heteroatoms. The first-order valence-corrected chi connectivity index (χ1v) is 10.0. The standard InChI is InChI=1S/C13H19F2NO3.C7H12N2O/c14-13(15)6-4-9(5-7-13)11(17)16-8-2-1-3-10(16)12(18)19;1-7(2,3)5-4-6(8)9-10-5/h9-10H,1-8H2,(H,18,19);4H,1-3H3,(H2,8,9)/t10-;/m1./s1. The lowest BCUT2D eigenvalue weighted by Gasteiger charge is -2.37. The summed E-state index contributed by atoms with van der Waals surface area (Å²) in [6.07, 6.45) is 1.83. The SMILES string of the molecule is CC(C)(C)c1cc(N)no1.O=C(O)[C@H]1CCCCN1C(=O)C1CCC(F)(F)CC1. The predicted octanol–water partition coefficient (Wildman–Crippen LogP) is 3.83.